The van der Waals surface area contributed by atoms with E-state index in [9.17, 15) is 14.0 Å². The minimum absolute atomic E-state index is 0.168. The summed E-state index contributed by atoms with van der Waals surface area (Å²) >= 11 is 0. The van der Waals surface area contributed by atoms with Crippen molar-refractivity contribution < 1.29 is 23.5 Å². The highest BCUT2D eigenvalue weighted by Gasteiger charge is 2.53. The molecule has 2 amide bonds. The monoisotopic (exact) mass is 479 g/mol. The van der Waals surface area contributed by atoms with Crippen molar-refractivity contribution in [2.24, 2.45) is 0 Å². The second kappa shape index (κ2) is 8.91. The van der Waals surface area contributed by atoms with Crippen molar-refractivity contribution in [1.29, 1.82) is 0 Å². The zero-order valence-electron chi connectivity index (χ0n) is 20.2. The van der Waals surface area contributed by atoms with Gasteiger partial charge in [-0.1, -0.05) is 30.3 Å². The van der Waals surface area contributed by atoms with E-state index in [1.54, 1.807) is 15.9 Å². The molecule has 2 aromatic carbocycles. The molecule has 3 heterocycles. The highest BCUT2D eigenvalue weighted by molar-refractivity contribution is 5.84. The molecule has 0 aliphatic carbocycles. The first-order chi connectivity index (χ1) is 16.7. The number of carbonyl (C=O) groups is 2. The Morgan fingerprint density at radius 2 is 1.86 bits per heavy atom. The molecule has 5 rings (SSSR count). The first-order valence-corrected chi connectivity index (χ1v) is 11.9. The lowest BCUT2D eigenvalue weighted by atomic mass is 9.91. The van der Waals surface area contributed by atoms with Crippen LogP contribution in [0.4, 0.5) is 14.0 Å². The number of fused-ring (bicyclic) bond motifs is 2. The Kier molecular flexibility index (Phi) is 5.91. The molecule has 7 nitrogen and oxygen atoms in total. The van der Waals surface area contributed by atoms with Crippen molar-refractivity contribution in [2.75, 3.05) is 13.1 Å². The van der Waals surface area contributed by atoms with Gasteiger partial charge in [-0.05, 0) is 56.5 Å². The number of carbonyl (C=O) groups excluding carboxylic acids is 2. The average Bonchev–Trinajstić information content (AvgIpc) is 3.50. The quantitative estimate of drug-likeness (QED) is 0.544. The summed E-state index contributed by atoms with van der Waals surface area (Å²) in [5, 5.41) is 0.880. The minimum Gasteiger partial charge on any atom is -0.445 e. The van der Waals surface area contributed by atoms with Gasteiger partial charge in [-0.25, -0.2) is 14.0 Å². The number of rotatable bonds is 3. The van der Waals surface area contributed by atoms with Crippen LogP contribution in [0.5, 0.6) is 0 Å². The number of H-pyrrole nitrogens is 1. The molecule has 1 N–H and O–H groups in total. The standard InChI is InChI=1S/C27H30FN3O4/c1-27(2,3)35-26(33)30-12-11-23-24(30)21(20-14-29-22-13-18(28)9-10-19(20)22)15-31(23)25(32)34-16-17-7-5-4-6-8-17/h4-10,13-14,21,23-24,29H,11-12,15-16H2,1-3H3/t21?,23?,24-/m1/s1. The molecule has 0 saturated carbocycles. The van der Waals surface area contributed by atoms with Gasteiger partial charge in [0, 0.05) is 36.1 Å². The summed E-state index contributed by atoms with van der Waals surface area (Å²) < 4.78 is 25.2. The first kappa shape index (κ1) is 23.2. The Bertz CT molecular complexity index is 1240. The topological polar surface area (TPSA) is 74.9 Å². The molecule has 35 heavy (non-hydrogen) atoms. The lowest BCUT2D eigenvalue weighted by Gasteiger charge is -2.31. The van der Waals surface area contributed by atoms with Crippen LogP contribution in [-0.2, 0) is 16.1 Å². The molecule has 0 bridgehead atoms. The number of likely N-dealkylation sites (tertiary alicyclic amines) is 2. The van der Waals surface area contributed by atoms with Crippen LogP contribution in [0.3, 0.4) is 0 Å². The maximum atomic E-state index is 13.8. The minimum atomic E-state index is -0.629. The van der Waals surface area contributed by atoms with Gasteiger partial charge in [0.1, 0.15) is 18.0 Å². The number of benzene rings is 2. The molecule has 3 atom stereocenters. The Hall–Kier alpha value is -3.55. The average molecular weight is 480 g/mol. The lowest BCUT2D eigenvalue weighted by molar-refractivity contribution is 0.0209. The van der Waals surface area contributed by atoms with E-state index in [0.717, 1.165) is 16.5 Å². The second-order valence-corrected chi connectivity index (χ2v) is 10.3. The normalized spacial score (nSPS) is 21.9. The largest absolute Gasteiger partial charge is 0.445 e. The Morgan fingerprint density at radius 3 is 2.60 bits per heavy atom. The van der Waals surface area contributed by atoms with Crippen LogP contribution in [-0.4, -0.2) is 57.7 Å². The predicted octanol–water partition coefficient (Wildman–Crippen LogP) is 5.42. The van der Waals surface area contributed by atoms with E-state index >= 15 is 0 Å². The van der Waals surface area contributed by atoms with Crippen molar-refractivity contribution in [3.8, 4) is 0 Å². The molecule has 2 unspecified atom stereocenters. The molecule has 184 valence electrons. The Balaban J connectivity index is 1.44. The highest BCUT2D eigenvalue weighted by atomic mass is 19.1. The van der Waals surface area contributed by atoms with E-state index in [2.05, 4.69) is 4.98 Å². The lowest BCUT2D eigenvalue weighted by Crippen LogP contribution is -2.44. The molecule has 1 aromatic heterocycles. The molecule has 8 heteroatoms. The van der Waals surface area contributed by atoms with E-state index < -0.39 is 11.7 Å². The third-order valence-electron chi connectivity index (χ3n) is 6.77. The molecule has 2 saturated heterocycles. The van der Waals surface area contributed by atoms with E-state index in [1.165, 1.54) is 12.1 Å². The van der Waals surface area contributed by atoms with Gasteiger partial charge in [0.25, 0.3) is 0 Å². The summed E-state index contributed by atoms with van der Waals surface area (Å²) in [6.07, 6.45) is 1.71. The van der Waals surface area contributed by atoms with Crippen LogP contribution in [0.25, 0.3) is 10.9 Å². The number of halogens is 1. The summed E-state index contributed by atoms with van der Waals surface area (Å²) in [6.45, 7) is 6.58. The van der Waals surface area contributed by atoms with E-state index in [-0.39, 0.29) is 36.5 Å². The maximum Gasteiger partial charge on any atom is 0.410 e. The molecule has 0 radical (unpaired) electrons. The Morgan fingerprint density at radius 1 is 1.09 bits per heavy atom. The number of nitrogens with zero attached hydrogens (tertiary/aromatic N) is 2. The second-order valence-electron chi connectivity index (χ2n) is 10.3. The van der Waals surface area contributed by atoms with Crippen LogP contribution in [0.1, 0.15) is 44.2 Å². The molecule has 2 aliphatic heterocycles. The third-order valence-corrected chi connectivity index (χ3v) is 6.77. The number of hydrogen-bond donors (Lipinski definition) is 1. The molecule has 3 aromatic rings. The predicted molar refractivity (Wildman–Crippen MR) is 129 cm³/mol. The van der Waals surface area contributed by atoms with Gasteiger partial charge in [0.05, 0.1) is 12.1 Å². The molecular formula is C27H30FN3O4. The molecule has 2 fully saturated rings. The fraction of sp³-hybridized carbons (Fsp3) is 0.407. The third kappa shape index (κ3) is 4.57. The number of nitrogens with one attached hydrogen (secondary N) is 1. The van der Waals surface area contributed by atoms with Gasteiger partial charge in [-0.15, -0.1) is 0 Å². The van der Waals surface area contributed by atoms with Crippen LogP contribution in [0.2, 0.25) is 0 Å². The van der Waals surface area contributed by atoms with Gasteiger partial charge in [-0.2, -0.15) is 0 Å². The van der Waals surface area contributed by atoms with Crippen LogP contribution in [0.15, 0.2) is 54.7 Å². The summed E-state index contributed by atoms with van der Waals surface area (Å²) in [5.74, 6) is -0.490. The summed E-state index contributed by atoms with van der Waals surface area (Å²) in [6, 6.07) is 13.7. The van der Waals surface area contributed by atoms with Gasteiger partial charge in [0.15, 0.2) is 0 Å². The van der Waals surface area contributed by atoms with E-state index in [1.807, 2.05) is 57.3 Å². The fourth-order valence-electron chi connectivity index (χ4n) is 5.34. The number of hydrogen-bond acceptors (Lipinski definition) is 4. The summed E-state index contributed by atoms with van der Waals surface area (Å²) in [7, 11) is 0. The summed E-state index contributed by atoms with van der Waals surface area (Å²) in [4.78, 5) is 33.0. The fourth-order valence-corrected chi connectivity index (χ4v) is 5.34. The SMILES string of the molecule is CC(C)(C)OC(=O)N1CCC2[C@H]1C(c1c[nH]c3cc(F)ccc13)CN2C(=O)OCc1ccccc1. The zero-order chi connectivity index (χ0) is 24.7. The molecular weight excluding hydrogens is 449 g/mol. The van der Waals surface area contributed by atoms with E-state index in [0.29, 0.717) is 25.0 Å². The van der Waals surface area contributed by atoms with Crippen LogP contribution in [0, 0.1) is 5.82 Å². The van der Waals surface area contributed by atoms with E-state index in [4.69, 9.17) is 9.47 Å². The first-order valence-electron chi connectivity index (χ1n) is 11.9. The van der Waals surface area contributed by atoms with Crippen LogP contribution >= 0.6 is 0 Å². The maximum absolute atomic E-state index is 13.8. The van der Waals surface area contributed by atoms with Gasteiger partial charge >= 0.3 is 12.2 Å². The number of aromatic nitrogens is 1. The molecule has 0 spiro atoms. The van der Waals surface area contributed by atoms with Crippen molar-refractivity contribution in [3.63, 3.8) is 0 Å². The number of aromatic amines is 1. The number of amides is 2. The summed E-state index contributed by atoms with van der Waals surface area (Å²) in [5.41, 5.74) is 1.91. The highest BCUT2D eigenvalue weighted by Crippen LogP contribution is 2.43. The molecule has 2 aliphatic rings. The van der Waals surface area contributed by atoms with Gasteiger partial charge < -0.3 is 24.3 Å². The van der Waals surface area contributed by atoms with Crippen molar-refractivity contribution >= 4 is 23.1 Å². The smallest absolute Gasteiger partial charge is 0.410 e. The van der Waals surface area contributed by atoms with Gasteiger partial charge in [0.2, 0.25) is 0 Å². The van der Waals surface area contributed by atoms with Crippen LogP contribution < -0.4 is 0 Å². The number of ether oxygens (including phenoxy) is 2. The Labute approximate surface area is 203 Å². The van der Waals surface area contributed by atoms with Crippen molar-refractivity contribution in [1.82, 2.24) is 14.8 Å². The van der Waals surface area contributed by atoms with Crippen molar-refractivity contribution in [2.45, 2.75) is 57.4 Å². The zero-order valence-corrected chi connectivity index (χ0v) is 20.2. The van der Waals surface area contributed by atoms with Gasteiger partial charge in [-0.3, -0.25) is 0 Å². The van der Waals surface area contributed by atoms with Crippen molar-refractivity contribution in [3.05, 3.63) is 71.7 Å².